The van der Waals surface area contributed by atoms with Crippen LogP contribution in [0.4, 0.5) is 5.69 Å². The quantitative estimate of drug-likeness (QED) is 0.521. The van der Waals surface area contributed by atoms with Crippen LogP contribution in [0.2, 0.25) is 0 Å². The SMILES string of the molecule is CCOc1ccc([N+](=O)[O-])cc1CN1CCCC(CNC(=O)C2CCCN2)C1. The molecule has 8 heteroatoms. The van der Waals surface area contributed by atoms with Crippen LogP contribution in [0.15, 0.2) is 18.2 Å². The zero-order valence-corrected chi connectivity index (χ0v) is 16.5. The molecule has 1 aromatic rings. The summed E-state index contributed by atoms with van der Waals surface area (Å²) in [6.07, 6.45) is 4.11. The van der Waals surface area contributed by atoms with Gasteiger partial charge < -0.3 is 15.4 Å². The molecule has 2 unspecified atom stereocenters. The number of nitrogens with zero attached hydrogens (tertiary/aromatic N) is 2. The zero-order valence-electron chi connectivity index (χ0n) is 16.5. The third-order valence-electron chi connectivity index (χ3n) is 5.49. The number of likely N-dealkylation sites (tertiary alicyclic amines) is 1. The Morgan fingerprint density at radius 1 is 1.39 bits per heavy atom. The number of carbonyl (C=O) groups is 1. The fraction of sp³-hybridized carbons (Fsp3) is 0.650. The van der Waals surface area contributed by atoms with E-state index in [-0.39, 0.29) is 22.6 Å². The Kier molecular flexibility index (Phi) is 7.22. The second-order valence-electron chi connectivity index (χ2n) is 7.62. The topological polar surface area (TPSA) is 96.7 Å². The maximum atomic E-state index is 12.2. The van der Waals surface area contributed by atoms with Gasteiger partial charge >= 0.3 is 0 Å². The number of ether oxygens (including phenoxy) is 1. The molecule has 3 rings (SSSR count). The highest BCUT2D eigenvalue weighted by atomic mass is 16.6. The van der Waals surface area contributed by atoms with Crippen molar-refractivity contribution in [3.05, 3.63) is 33.9 Å². The highest BCUT2D eigenvalue weighted by molar-refractivity contribution is 5.81. The molecule has 0 aliphatic carbocycles. The lowest BCUT2D eigenvalue weighted by atomic mass is 9.97. The number of amides is 1. The molecule has 2 fully saturated rings. The minimum atomic E-state index is -0.370. The van der Waals surface area contributed by atoms with E-state index in [0.717, 1.165) is 50.9 Å². The molecule has 28 heavy (non-hydrogen) atoms. The standard InChI is InChI=1S/C20H30N4O4/c1-2-28-19-8-7-17(24(26)27)11-16(19)14-23-10-4-5-15(13-23)12-22-20(25)18-6-3-9-21-18/h7-8,11,15,18,21H,2-6,9-10,12-14H2,1H3,(H,22,25). The lowest BCUT2D eigenvalue weighted by Gasteiger charge is -2.33. The summed E-state index contributed by atoms with van der Waals surface area (Å²) in [5.74, 6) is 1.20. The molecular formula is C20H30N4O4. The number of benzene rings is 1. The van der Waals surface area contributed by atoms with Crippen LogP contribution in [0.3, 0.4) is 0 Å². The van der Waals surface area contributed by atoms with Gasteiger partial charge in [-0.25, -0.2) is 0 Å². The normalized spacial score (nSPS) is 22.8. The molecule has 0 bridgehead atoms. The number of nitro benzene ring substituents is 1. The van der Waals surface area contributed by atoms with Gasteiger partial charge in [-0.1, -0.05) is 0 Å². The molecule has 1 amide bonds. The predicted molar refractivity (Wildman–Crippen MR) is 106 cm³/mol. The van der Waals surface area contributed by atoms with E-state index in [2.05, 4.69) is 15.5 Å². The first kappa shape index (κ1) is 20.5. The van der Waals surface area contributed by atoms with Gasteiger partial charge in [-0.3, -0.25) is 19.8 Å². The van der Waals surface area contributed by atoms with Gasteiger partial charge in [0.1, 0.15) is 5.75 Å². The van der Waals surface area contributed by atoms with Gasteiger partial charge in [-0.2, -0.15) is 0 Å². The van der Waals surface area contributed by atoms with Crippen molar-refractivity contribution in [1.82, 2.24) is 15.5 Å². The number of rotatable bonds is 8. The number of hydrogen-bond acceptors (Lipinski definition) is 6. The average molecular weight is 390 g/mol. The fourth-order valence-corrected chi connectivity index (χ4v) is 4.08. The van der Waals surface area contributed by atoms with Crippen LogP contribution in [-0.2, 0) is 11.3 Å². The molecule has 0 saturated carbocycles. The highest BCUT2D eigenvalue weighted by Crippen LogP contribution is 2.27. The maximum absolute atomic E-state index is 12.2. The predicted octanol–water partition coefficient (Wildman–Crippen LogP) is 2.07. The summed E-state index contributed by atoms with van der Waals surface area (Å²) in [6.45, 7) is 6.46. The minimum Gasteiger partial charge on any atom is -0.494 e. The Morgan fingerprint density at radius 2 is 2.25 bits per heavy atom. The van der Waals surface area contributed by atoms with Gasteiger partial charge in [0.05, 0.1) is 17.6 Å². The summed E-state index contributed by atoms with van der Waals surface area (Å²) in [4.78, 5) is 25.3. The van der Waals surface area contributed by atoms with E-state index in [9.17, 15) is 14.9 Å². The molecule has 1 aromatic carbocycles. The Bertz CT molecular complexity index is 691. The van der Waals surface area contributed by atoms with Crippen LogP contribution in [0.25, 0.3) is 0 Å². The third kappa shape index (κ3) is 5.42. The molecule has 0 radical (unpaired) electrons. The van der Waals surface area contributed by atoms with E-state index in [4.69, 9.17) is 4.74 Å². The average Bonchev–Trinajstić information content (AvgIpc) is 3.23. The second-order valence-corrected chi connectivity index (χ2v) is 7.62. The zero-order chi connectivity index (χ0) is 19.9. The van der Waals surface area contributed by atoms with Crippen molar-refractivity contribution in [2.24, 2.45) is 5.92 Å². The lowest BCUT2D eigenvalue weighted by molar-refractivity contribution is -0.385. The van der Waals surface area contributed by atoms with Crippen molar-refractivity contribution in [2.75, 3.05) is 32.8 Å². The molecule has 2 N–H and O–H groups in total. The summed E-state index contributed by atoms with van der Waals surface area (Å²) in [6, 6.07) is 4.74. The summed E-state index contributed by atoms with van der Waals surface area (Å²) >= 11 is 0. The van der Waals surface area contributed by atoms with E-state index in [1.807, 2.05) is 6.92 Å². The first-order valence-corrected chi connectivity index (χ1v) is 10.2. The van der Waals surface area contributed by atoms with Gasteiger partial charge in [0.2, 0.25) is 5.91 Å². The first-order chi connectivity index (χ1) is 13.6. The van der Waals surface area contributed by atoms with Crippen molar-refractivity contribution in [3.63, 3.8) is 0 Å². The minimum absolute atomic E-state index is 0.0432. The molecule has 0 aromatic heterocycles. The number of hydrogen-bond donors (Lipinski definition) is 2. The summed E-state index contributed by atoms with van der Waals surface area (Å²) in [5.41, 5.74) is 0.930. The lowest BCUT2D eigenvalue weighted by Crippen LogP contribution is -2.45. The van der Waals surface area contributed by atoms with Crippen molar-refractivity contribution in [2.45, 2.75) is 45.2 Å². The number of piperidine rings is 1. The first-order valence-electron chi connectivity index (χ1n) is 10.2. The van der Waals surface area contributed by atoms with E-state index in [1.165, 1.54) is 6.07 Å². The molecule has 154 valence electrons. The van der Waals surface area contributed by atoms with Crippen LogP contribution in [0.5, 0.6) is 5.75 Å². The van der Waals surface area contributed by atoms with Gasteiger partial charge in [-0.05, 0) is 57.7 Å². The van der Waals surface area contributed by atoms with Crippen LogP contribution in [-0.4, -0.2) is 54.6 Å². The Labute approximate surface area is 165 Å². The van der Waals surface area contributed by atoms with Gasteiger partial charge in [0, 0.05) is 37.3 Å². The molecular weight excluding hydrogens is 360 g/mol. The van der Waals surface area contributed by atoms with Crippen LogP contribution < -0.4 is 15.4 Å². The van der Waals surface area contributed by atoms with Crippen molar-refractivity contribution in [3.8, 4) is 5.75 Å². The van der Waals surface area contributed by atoms with Gasteiger partial charge in [-0.15, -0.1) is 0 Å². The maximum Gasteiger partial charge on any atom is 0.270 e. The number of nitro groups is 1. The smallest absolute Gasteiger partial charge is 0.270 e. The van der Waals surface area contributed by atoms with Crippen molar-refractivity contribution in [1.29, 1.82) is 0 Å². The Hall–Kier alpha value is -2.19. The highest BCUT2D eigenvalue weighted by Gasteiger charge is 2.25. The molecule has 8 nitrogen and oxygen atoms in total. The Morgan fingerprint density at radius 3 is 2.96 bits per heavy atom. The molecule has 2 aliphatic heterocycles. The van der Waals surface area contributed by atoms with E-state index in [1.54, 1.807) is 12.1 Å². The fourth-order valence-electron chi connectivity index (χ4n) is 4.08. The van der Waals surface area contributed by atoms with Gasteiger partial charge in [0.25, 0.3) is 5.69 Å². The van der Waals surface area contributed by atoms with E-state index >= 15 is 0 Å². The summed E-state index contributed by atoms with van der Waals surface area (Å²) in [7, 11) is 0. The molecule has 2 aliphatic rings. The van der Waals surface area contributed by atoms with Crippen LogP contribution in [0, 0.1) is 16.0 Å². The number of carbonyl (C=O) groups excluding carboxylic acids is 1. The Balaban J connectivity index is 1.57. The summed E-state index contributed by atoms with van der Waals surface area (Å²) < 4.78 is 5.66. The number of non-ortho nitro benzene ring substituents is 1. The largest absolute Gasteiger partial charge is 0.494 e. The third-order valence-corrected chi connectivity index (χ3v) is 5.49. The number of nitrogens with one attached hydrogen (secondary N) is 2. The molecule has 2 atom stereocenters. The summed E-state index contributed by atoms with van der Waals surface area (Å²) in [5, 5.41) is 17.4. The van der Waals surface area contributed by atoms with Crippen molar-refractivity contribution >= 4 is 11.6 Å². The van der Waals surface area contributed by atoms with Gasteiger partial charge in [0.15, 0.2) is 0 Å². The van der Waals surface area contributed by atoms with Crippen molar-refractivity contribution < 1.29 is 14.5 Å². The second kappa shape index (κ2) is 9.84. The van der Waals surface area contributed by atoms with E-state index < -0.39 is 0 Å². The molecule has 0 spiro atoms. The van der Waals surface area contributed by atoms with Crippen LogP contribution in [0.1, 0.15) is 38.2 Å². The molecule has 2 saturated heterocycles. The van der Waals surface area contributed by atoms with Crippen LogP contribution >= 0.6 is 0 Å². The monoisotopic (exact) mass is 390 g/mol. The molecule has 2 heterocycles. The van der Waals surface area contributed by atoms with E-state index in [0.29, 0.717) is 31.4 Å².